The molecule has 0 aliphatic carbocycles. The van der Waals surface area contributed by atoms with Crippen LogP contribution in [0.15, 0.2) is 30.6 Å². The summed E-state index contributed by atoms with van der Waals surface area (Å²) < 4.78 is 5.71. The van der Waals surface area contributed by atoms with E-state index in [1.54, 1.807) is 6.20 Å². The molecule has 0 saturated carbocycles. The first-order chi connectivity index (χ1) is 10.7. The molecule has 2 heterocycles. The number of hydrogen-bond acceptors (Lipinski definition) is 7. The first kappa shape index (κ1) is 19.0. The molecule has 2 aromatic heterocycles. The number of anilines is 2. The van der Waals surface area contributed by atoms with E-state index >= 15 is 0 Å². The van der Waals surface area contributed by atoms with E-state index in [4.69, 9.17) is 10.5 Å². The first-order valence-electron chi connectivity index (χ1n) is 7.25. The largest absolute Gasteiger partial charge is 0.482 e. The average molecular weight is 337 g/mol. The number of nitrogens with zero attached hydrogens (tertiary/aromatic N) is 3. The van der Waals surface area contributed by atoms with E-state index < -0.39 is 0 Å². The van der Waals surface area contributed by atoms with Crippen LogP contribution < -0.4 is 15.8 Å². The van der Waals surface area contributed by atoms with Crippen LogP contribution in [0.2, 0.25) is 0 Å². The Hall–Kier alpha value is -2.06. The van der Waals surface area contributed by atoms with Crippen molar-refractivity contribution < 1.29 is 9.84 Å². The fourth-order valence-corrected chi connectivity index (χ4v) is 1.98. The zero-order chi connectivity index (χ0) is 15.8. The number of hydrogen-bond donors (Lipinski definition) is 3. The first-order valence-corrected chi connectivity index (χ1v) is 7.25. The Morgan fingerprint density at radius 1 is 1.35 bits per heavy atom. The van der Waals surface area contributed by atoms with Gasteiger partial charge >= 0.3 is 0 Å². The SMILES string of the molecule is CCC[C@@H](CO)Nc1nc(N)ncc1OCc1ccccn1.S. The molecule has 0 unspecified atom stereocenters. The number of rotatable bonds is 8. The Morgan fingerprint density at radius 3 is 2.83 bits per heavy atom. The van der Waals surface area contributed by atoms with Crippen LogP contribution in [0.25, 0.3) is 0 Å². The van der Waals surface area contributed by atoms with Crippen molar-refractivity contribution >= 4 is 25.3 Å². The van der Waals surface area contributed by atoms with Gasteiger partial charge in [-0.25, -0.2) is 4.98 Å². The summed E-state index contributed by atoms with van der Waals surface area (Å²) in [4.78, 5) is 12.3. The predicted molar refractivity (Wildman–Crippen MR) is 94.8 cm³/mol. The van der Waals surface area contributed by atoms with E-state index in [2.05, 4.69) is 27.2 Å². The molecule has 0 fully saturated rings. The number of ether oxygens (including phenoxy) is 1. The van der Waals surface area contributed by atoms with Crippen molar-refractivity contribution in [3.8, 4) is 5.75 Å². The Morgan fingerprint density at radius 2 is 2.17 bits per heavy atom. The highest BCUT2D eigenvalue weighted by Gasteiger charge is 2.13. The second-order valence-electron chi connectivity index (χ2n) is 4.86. The molecule has 126 valence electrons. The summed E-state index contributed by atoms with van der Waals surface area (Å²) in [5, 5.41) is 12.5. The zero-order valence-corrected chi connectivity index (χ0v) is 14.1. The van der Waals surface area contributed by atoms with Crippen LogP contribution in [0.3, 0.4) is 0 Å². The number of nitrogens with two attached hydrogens (primary N) is 1. The van der Waals surface area contributed by atoms with Crippen molar-refractivity contribution in [3.05, 3.63) is 36.3 Å². The molecule has 2 aromatic rings. The third-order valence-electron chi connectivity index (χ3n) is 3.07. The topological polar surface area (TPSA) is 106 Å². The lowest BCUT2D eigenvalue weighted by atomic mass is 10.2. The second kappa shape index (κ2) is 9.86. The summed E-state index contributed by atoms with van der Waals surface area (Å²) in [6, 6.07) is 5.52. The van der Waals surface area contributed by atoms with Gasteiger partial charge in [0.2, 0.25) is 5.95 Å². The molecule has 0 saturated heterocycles. The van der Waals surface area contributed by atoms with Gasteiger partial charge in [0.1, 0.15) is 6.61 Å². The minimum atomic E-state index is -0.100. The third kappa shape index (κ3) is 5.91. The van der Waals surface area contributed by atoms with Crippen molar-refractivity contribution in [2.45, 2.75) is 32.4 Å². The van der Waals surface area contributed by atoms with Gasteiger partial charge in [0.05, 0.1) is 24.5 Å². The molecule has 0 radical (unpaired) electrons. The maximum atomic E-state index is 9.40. The molecule has 0 amide bonds. The molecule has 0 bridgehead atoms. The molecule has 4 N–H and O–H groups in total. The van der Waals surface area contributed by atoms with Gasteiger partial charge in [-0.1, -0.05) is 19.4 Å². The number of aliphatic hydroxyl groups is 1. The van der Waals surface area contributed by atoms with Gasteiger partial charge in [0, 0.05) is 6.20 Å². The lowest BCUT2D eigenvalue weighted by molar-refractivity contribution is 0.266. The smallest absolute Gasteiger partial charge is 0.222 e. The van der Waals surface area contributed by atoms with Crippen LogP contribution >= 0.6 is 13.5 Å². The molecule has 2 rings (SSSR count). The molecule has 1 atom stereocenters. The van der Waals surface area contributed by atoms with E-state index in [0.29, 0.717) is 18.2 Å². The fourth-order valence-electron chi connectivity index (χ4n) is 1.98. The van der Waals surface area contributed by atoms with Gasteiger partial charge in [0.15, 0.2) is 11.6 Å². The summed E-state index contributed by atoms with van der Waals surface area (Å²) in [7, 11) is 0. The molecule has 0 spiro atoms. The highest BCUT2D eigenvalue weighted by molar-refractivity contribution is 7.59. The molecule has 0 aliphatic heterocycles. The lowest BCUT2D eigenvalue weighted by Gasteiger charge is -2.18. The minimum absolute atomic E-state index is 0. The van der Waals surface area contributed by atoms with Crippen LogP contribution in [0.5, 0.6) is 5.75 Å². The van der Waals surface area contributed by atoms with Crippen molar-refractivity contribution in [1.82, 2.24) is 15.0 Å². The fraction of sp³-hybridized carbons (Fsp3) is 0.400. The number of nitrogen functional groups attached to an aromatic ring is 1. The van der Waals surface area contributed by atoms with Crippen LogP contribution in [0.1, 0.15) is 25.5 Å². The number of aromatic nitrogens is 3. The number of pyridine rings is 1. The monoisotopic (exact) mass is 337 g/mol. The molecular formula is C15H23N5O2S. The van der Waals surface area contributed by atoms with Crippen molar-refractivity contribution in [3.63, 3.8) is 0 Å². The third-order valence-corrected chi connectivity index (χ3v) is 3.07. The minimum Gasteiger partial charge on any atom is -0.482 e. The molecular weight excluding hydrogens is 314 g/mol. The summed E-state index contributed by atoms with van der Waals surface area (Å²) in [6.45, 7) is 2.37. The van der Waals surface area contributed by atoms with E-state index in [9.17, 15) is 5.11 Å². The summed E-state index contributed by atoms with van der Waals surface area (Å²) in [5.41, 5.74) is 6.44. The van der Waals surface area contributed by atoms with Crippen molar-refractivity contribution in [2.75, 3.05) is 17.7 Å². The Balaban J connectivity index is 0.00000264. The van der Waals surface area contributed by atoms with E-state index in [1.807, 2.05) is 18.2 Å². The average Bonchev–Trinajstić information content (AvgIpc) is 2.54. The maximum absolute atomic E-state index is 9.40. The van der Waals surface area contributed by atoms with Gasteiger partial charge in [-0.2, -0.15) is 18.5 Å². The van der Waals surface area contributed by atoms with Crippen molar-refractivity contribution in [1.29, 1.82) is 0 Å². The predicted octanol–water partition coefficient (Wildman–Crippen LogP) is 1.72. The summed E-state index contributed by atoms with van der Waals surface area (Å²) in [6.07, 6.45) is 5.00. The molecule has 0 aliphatic rings. The van der Waals surface area contributed by atoms with Crippen LogP contribution in [-0.4, -0.2) is 32.7 Å². The van der Waals surface area contributed by atoms with Gasteiger partial charge in [-0.05, 0) is 18.6 Å². The highest BCUT2D eigenvalue weighted by Crippen LogP contribution is 2.24. The lowest BCUT2D eigenvalue weighted by Crippen LogP contribution is -2.24. The van der Waals surface area contributed by atoms with Gasteiger partial charge in [0.25, 0.3) is 0 Å². The maximum Gasteiger partial charge on any atom is 0.222 e. The van der Waals surface area contributed by atoms with Crippen LogP contribution in [0.4, 0.5) is 11.8 Å². The molecule has 7 nitrogen and oxygen atoms in total. The standard InChI is InChI=1S/C15H21N5O2.H2S/c1-2-5-11(9-21)19-14-13(8-18-15(16)20-14)22-10-12-6-3-4-7-17-12;/h3-4,6-8,11,21H,2,5,9-10H2,1H3,(H3,16,18,19,20);1H2/t11-;/m0./s1. The molecule has 0 aromatic carbocycles. The van der Waals surface area contributed by atoms with E-state index in [-0.39, 0.29) is 32.1 Å². The molecule has 23 heavy (non-hydrogen) atoms. The van der Waals surface area contributed by atoms with E-state index in [0.717, 1.165) is 18.5 Å². The van der Waals surface area contributed by atoms with Gasteiger partial charge in [-0.3, -0.25) is 4.98 Å². The Labute approximate surface area is 142 Å². The quantitative estimate of drug-likeness (QED) is 0.673. The summed E-state index contributed by atoms with van der Waals surface area (Å²) in [5.74, 6) is 1.12. The Bertz CT molecular complexity index is 585. The summed E-state index contributed by atoms with van der Waals surface area (Å²) >= 11 is 0. The van der Waals surface area contributed by atoms with E-state index in [1.165, 1.54) is 6.20 Å². The zero-order valence-electron chi connectivity index (χ0n) is 13.1. The molecule has 8 heteroatoms. The normalized spacial score (nSPS) is 11.4. The van der Waals surface area contributed by atoms with Crippen molar-refractivity contribution in [2.24, 2.45) is 0 Å². The number of aliphatic hydroxyl groups excluding tert-OH is 1. The van der Waals surface area contributed by atoms with Gasteiger partial charge < -0.3 is 20.9 Å². The Kier molecular flexibility index (Phi) is 8.14. The van der Waals surface area contributed by atoms with Crippen LogP contribution in [0, 0.1) is 0 Å². The number of nitrogens with one attached hydrogen (secondary N) is 1. The second-order valence-corrected chi connectivity index (χ2v) is 4.86. The van der Waals surface area contributed by atoms with Gasteiger partial charge in [-0.15, -0.1) is 0 Å². The highest BCUT2D eigenvalue weighted by atomic mass is 32.1. The van der Waals surface area contributed by atoms with Crippen LogP contribution in [-0.2, 0) is 6.61 Å².